The van der Waals surface area contributed by atoms with Crippen LogP contribution in [0.1, 0.15) is 16.9 Å². The normalized spacial score (nSPS) is 10.3. The Hall–Kier alpha value is -1.93. The molecule has 0 bridgehead atoms. The highest BCUT2D eigenvalue weighted by Gasteiger charge is 2.11. The maximum Gasteiger partial charge on any atom is 0.286 e. The van der Waals surface area contributed by atoms with Crippen molar-refractivity contribution in [2.45, 2.75) is 11.3 Å². The molecule has 1 aromatic heterocycles. The fraction of sp³-hybridized carbons (Fsp3) is 0.250. The molecule has 0 radical (unpaired) electrons. The van der Waals surface area contributed by atoms with E-state index in [4.69, 9.17) is 4.74 Å². The van der Waals surface area contributed by atoms with Gasteiger partial charge in [-0.25, -0.2) is 0 Å². The third kappa shape index (κ3) is 5.31. The third-order valence-electron chi connectivity index (χ3n) is 3.18. The molecule has 2 aromatic rings. The van der Waals surface area contributed by atoms with Crippen LogP contribution in [0.15, 0.2) is 45.9 Å². The molecule has 128 valence electrons. The molecule has 0 saturated heterocycles. The molecule has 2 rings (SSSR count). The van der Waals surface area contributed by atoms with Crippen molar-refractivity contribution in [2.75, 3.05) is 12.9 Å². The van der Waals surface area contributed by atoms with Crippen molar-refractivity contribution >= 4 is 39.5 Å². The minimum Gasteiger partial charge on any atom is -0.497 e. The van der Waals surface area contributed by atoms with Gasteiger partial charge >= 0.3 is 0 Å². The lowest BCUT2D eigenvalue weighted by Gasteiger charge is -2.08. The molecule has 6 nitrogen and oxygen atoms in total. The fourth-order valence-corrected chi connectivity index (χ4v) is 3.31. The predicted octanol–water partition coefficient (Wildman–Crippen LogP) is 2.74. The van der Waals surface area contributed by atoms with Crippen LogP contribution in [0.3, 0.4) is 0 Å². The van der Waals surface area contributed by atoms with Crippen LogP contribution in [0.5, 0.6) is 5.75 Å². The smallest absolute Gasteiger partial charge is 0.286 e. The van der Waals surface area contributed by atoms with E-state index in [-0.39, 0.29) is 11.8 Å². The maximum absolute atomic E-state index is 12.0. The number of aromatic nitrogens is 1. The molecular formula is C16H18BrN3O3S. The minimum atomic E-state index is -0.362. The fourth-order valence-electron chi connectivity index (χ4n) is 1.94. The van der Waals surface area contributed by atoms with Crippen LogP contribution in [0.25, 0.3) is 0 Å². The number of benzene rings is 1. The van der Waals surface area contributed by atoms with Crippen LogP contribution < -0.4 is 15.6 Å². The first-order chi connectivity index (χ1) is 11.5. The highest BCUT2D eigenvalue weighted by Crippen LogP contribution is 2.21. The van der Waals surface area contributed by atoms with Crippen LogP contribution in [-0.4, -0.2) is 29.2 Å². The van der Waals surface area contributed by atoms with Gasteiger partial charge in [-0.3, -0.25) is 20.4 Å². The molecule has 2 N–H and O–H groups in total. The highest BCUT2D eigenvalue weighted by atomic mass is 79.9. The SMILES string of the molecule is COc1ccc(SCCC(=O)NNC(=O)c2cc(Br)cn2C)cc1. The van der Waals surface area contributed by atoms with Crippen molar-refractivity contribution in [2.24, 2.45) is 7.05 Å². The van der Waals surface area contributed by atoms with E-state index < -0.39 is 0 Å². The number of hydrogen-bond donors (Lipinski definition) is 2. The minimum absolute atomic E-state index is 0.238. The maximum atomic E-state index is 12.0. The summed E-state index contributed by atoms with van der Waals surface area (Å²) in [4.78, 5) is 24.8. The number of halogens is 1. The lowest BCUT2D eigenvalue weighted by molar-refractivity contribution is -0.121. The molecule has 0 aliphatic heterocycles. The average Bonchev–Trinajstić information content (AvgIpc) is 2.92. The lowest BCUT2D eigenvalue weighted by atomic mass is 10.3. The zero-order valence-corrected chi connectivity index (χ0v) is 15.7. The summed E-state index contributed by atoms with van der Waals surface area (Å²) in [6.45, 7) is 0. The zero-order chi connectivity index (χ0) is 17.5. The van der Waals surface area contributed by atoms with Gasteiger partial charge in [0.05, 0.1) is 7.11 Å². The monoisotopic (exact) mass is 411 g/mol. The van der Waals surface area contributed by atoms with Crippen molar-refractivity contribution in [3.8, 4) is 5.75 Å². The Labute approximate surface area is 153 Å². The first-order valence-electron chi connectivity index (χ1n) is 7.17. The summed E-state index contributed by atoms with van der Waals surface area (Å²) in [5.74, 6) is 0.813. The van der Waals surface area contributed by atoms with Gasteiger partial charge in [-0.15, -0.1) is 11.8 Å². The Morgan fingerprint density at radius 2 is 1.96 bits per heavy atom. The van der Waals surface area contributed by atoms with Crippen LogP contribution in [0.4, 0.5) is 0 Å². The first kappa shape index (κ1) is 18.4. The van der Waals surface area contributed by atoms with Gasteiger partial charge in [-0.05, 0) is 46.3 Å². The lowest BCUT2D eigenvalue weighted by Crippen LogP contribution is -2.42. The number of carbonyl (C=O) groups is 2. The van der Waals surface area contributed by atoms with Gasteiger partial charge in [-0.1, -0.05) is 0 Å². The Kier molecular flexibility index (Phi) is 6.74. The molecule has 0 spiro atoms. The molecule has 1 aromatic carbocycles. The summed E-state index contributed by atoms with van der Waals surface area (Å²) in [5.41, 5.74) is 5.29. The molecule has 0 aliphatic rings. The Bertz CT molecular complexity index is 716. The van der Waals surface area contributed by atoms with Crippen LogP contribution in [-0.2, 0) is 11.8 Å². The molecule has 0 fully saturated rings. The standard InChI is InChI=1S/C16H18BrN3O3S/c1-20-10-11(17)9-14(20)16(22)19-18-15(21)7-8-24-13-5-3-12(23-2)4-6-13/h3-6,9-10H,7-8H2,1-2H3,(H,18,21)(H,19,22). The number of aryl methyl sites for hydroxylation is 1. The molecular weight excluding hydrogens is 394 g/mol. The van der Waals surface area contributed by atoms with E-state index in [1.165, 1.54) is 0 Å². The van der Waals surface area contributed by atoms with Crippen LogP contribution in [0, 0.1) is 0 Å². The second-order valence-corrected chi connectivity index (χ2v) is 7.01. The number of thioether (sulfide) groups is 1. The summed E-state index contributed by atoms with van der Waals surface area (Å²) >= 11 is 4.86. The zero-order valence-electron chi connectivity index (χ0n) is 13.3. The van der Waals surface area contributed by atoms with Gasteiger partial charge in [0.1, 0.15) is 11.4 Å². The number of hydrazine groups is 1. The van der Waals surface area contributed by atoms with E-state index in [0.717, 1.165) is 15.1 Å². The largest absolute Gasteiger partial charge is 0.497 e. The summed E-state index contributed by atoms with van der Waals surface area (Å²) < 4.78 is 7.57. The molecule has 0 unspecified atom stereocenters. The second-order valence-electron chi connectivity index (χ2n) is 4.93. The van der Waals surface area contributed by atoms with Crippen LogP contribution in [0.2, 0.25) is 0 Å². The highest BCUT2D eigenvalue weighted by molar-refractivity contribution is 9.10. The Morgan fingerprint density at radius 3 is 2.54 bits per heavy atom. The molecule has 2 amide bonds. The summed E-state index contributed by atoms with van der Waals surface area (Å²) in [6.07, 6.45) is 2.07. The number of ether oxygens (including phenoxy) is 1. The predicted molar refractivity (Wildman–Crippen MR) is 97.1 cm³/mol. The number of hydrogen-bond acceptors (Lipinski definition) is 4. The van der Waals surface area contributed by atoms with Gasteiger partial charge < -0.3 is 9.30 Å². The second kappa shape index (κ2) is 8.79. The summed E-state index contributed by atoms with van der Waals surface area (Å²) in [7, 11) is 3.38. The van der Waals surface area contributed by atoms with Gasteiger partial charge in [0, 0.05) is 34.8 Å². The number of nitrogens with one attached hydrogen (secondary N) is 2. The van der Waals surface area contributed by atoms with Crippen molar-refractivity contribution < 1.29 is 14.3 Å². The Morgan fingerprint density at radius 1 is 1.25 bits per heavy atom. The van der Waals surface area contributed by atoms with Crippen molar-refractivity contribution in [3.63, 3.8) is 0 Å². The van der Waals surface area contributed by atoms with E-state index in [1.807, 2.05) is 24.3 Å². The van der Waals surface area contributed by atoms with Gasteiger partial charge in [0.25, 0.3) is 5.91 Å². The van der Waals surface area contributed by atoms with E-state index in [1.54, 1.807) is 42.7 Å². The van der Waals surface area contributed by atoms with E-state index >= 15 is 0 Å². The molecule has 0 atom stereocenters. The van der Waals surface area contributed by atoms with Gasteiger partial charge in [-0.2, -0.15) is 0 Å². The Balaban J connectivity index is 1.71. The summed E-state index contributed by atoms with van der Waals surface area (Å²) in [5, 5.41) is 0. The third-order valence-corrected chi connectivity index (χ3v) is 4.62. The van der Waals surface area contributed by atoms with Gasteiger partial charge in [0.15, 0.2) is 0 Å². The molecule has 0 aliphatic carbocycles. The number of carbonyl (C=O) groups excluding carboxylic acids is 2. The van der Waals surface area contributed by atoms with E-state index in [2.05, 4.69) is 26.8 Å². The van der Waals surface area contributed by atoms with Crippen molar-refractivity contribution in [1.29, 1.82) is 0 Å². The molecule has 1 heterocycles. The number of rotatable bonds is 6. The van der Waals surface area contributed by atoms with Crippen LogP contribution >= 0.6 is 27.7 Å². The number of methoxy groups -OCH3 is 1. The van der Waals surface area contributed by atoms with Crippen molar-refractivity contribution in [3.05, 3.63) is 46.7 Å². The number of amides is 2. The first-order valence-corrected chi connectivity index (χ1v) is 8.95. The topological polar surface area (TPSA) is 72.4 Å². The summed E-state index contributed by atoms with van der Waals surface area (Å²) in [6, 6.07) is 9.31. The van der Waals surface area contributed by atoms with Crippen molar-refractivity contribution in [1.82, 2.24) is 15.4 Å². The molecule has 8 heteroatoms. The quantitative estimate of drug-likeness (QED) is 0.566. The average molecular weight is 412 g/mol. The van der Waals surface area contributed by atoms with Gasteiger partial charge in [0.2, 0.25) is 5.91 Å². The molecule has 24 heavy (non-hydrogen) atoms. The van der Waals surface area contributed by atoms with E-state index in [0.29, 0.717) is 17.9 Å². The molecule has 0 saturated carbocycles. The van der Waals surface area contributed by atoms with E-state index in [9.17, 15) is 9.59 Å². The number of nitrogens with zero attached hydrogens (tertiary/aromatic N) is 1.